The number of carbonyl (C=O) groups excluding carboxylic acids is 2. The molecule has 0 unspecified atom stereocenters. The number of hydrogen-bond acceptors (Lipinski definition) is 3. The number of amides is 1. The van der Waals surface area contributed by atoms with Crippen molar-refractivity contribution < 1.29 is 19.5 Å². The van der Waals surface area contributed by atoms with Crippen molar-refractivity contribution in [1.82, 2.24) is 4.57 Å². The minimum Gasteiger partial charge on any atom is -0.475 e. The number of rotatable bonds is 4. The van der Waals surface area contributed by atoms with Gasteiger partial charge in [-0.05, 0) is 43.2 Å². The summed E-state index contributed by atoms with van der Waals surface area (Å²) in [4.78, 5) is 34.4. The van der Waals surface area contributed by atoms with Crippen LogP contribution in [0.3, 0.4) is 0 Å². The molecule has 0 aliphatic rings. The molecule has 0 aliphatic heterocycles. The Morgan fingerprint density at radius 2 is 1.77 bits per heavy atom. The van der Waals surface area contributed by atoms with Crippen molar-refractivity contribution in [1.29, 1.82) is 0 Å². The highest BCUT2D eigenvalue weighted by atomic mass is 16.4. The number of aryl methyl sites for hydroxylation is 3. The number of nitrogens with one attached hydrogen (secondary N) is 1. The number of carboxylic acids is 1. The summed E-state index contributed by atoms with van der Waals surface area (Å²) in [7, 11) is 1.58. The summed E-state index contributed by atoms with van der Waals surface area (Å²) in [6.45, 7) is 3.92. The van der Waals surface area contributed by atoms with Gasteiger partial charge in [-0.15, -0.1) is 0 Å². The first-order valence-corrected chi connectivity index (χ1v) is 6.62. The van der Waals surface area contributed by atoms with Gasteiger partial charge in [0.05, 0.1) is 0 Å². The summed E-state index contributed by atoms with van der Waals surface area (Å²) in [6, 6.07) is 6.80. The molecule has 0 bridgehead atoms. The van der Waals surface area contributed by atoms with Crippen LogP contribution in [0.2, 0.25) is 0 Å². The second kappa shape index (κ2) is 5.85. The molecule has 0 saturated carbocycles. The number of aliphatic carboxylic acids is 1. The van der Waals surface area contributed by atoms with Gasteiger partial charge >= 0.3 is 5.97 Å². The average Bonchev–Trinajstić information content (AvgIpc) is 2.84. The number of anilines is 1. The van der Waals surface area contributed by atoms with Crippen molar-refractivity contribution in [2.45, 2.75) is 13.8 Å². The quantitative estimate of drug-likeness (QED) is 0.669. The molecule has 2 aromatic rings. The number of benzene rings is 1. The molecule has 114 valence electrons. The number of carboxylic acid groups (broad SMARTS) is 1. The molecule has 1 aromatic heterocycles. The summed E-state index contributed by atoms with van der Waals surface area (Å²) in [5, 5.41) is 11.4. The number of Topliss-reactive ketones (excluding diaryl/α,β-unsaturated/α-hetero) is 1. The number of nitrogens with zero attached hydrogens (tertiary/aromatic N) is 1. The van der Waals surface area contributed by atoms with Gasteiger partial charge in [0.1, 0.15) is 5.69 Å². The van der Waals surface area contributed by atoms with Gasteiger partial charge in [0.25, 0.3) is 11.7 Å². The molecule has 1 amide bonds. The van der Waals surface area contributed by atoms with E-state index in [1.54, 1.807) is 13.1 Å². The van der Waals surface area contributed by atoms with Crippen LogP contribution in [0.1, 0.15) is 32.0 Å². The lowest BCUT2D eigenvalue weighted by atomic mass is 10.1. The van der Waals surface area contributed by atoms with Crippen LogP contribution in [0.25, 0.3) is 0 Å². The average molecular weight is 300 g/mol. The molecule has 1 aromatic carbocycles. The van der Waals surface area contributed by atoms with Crippen LogP contribution in [0.4, 0.5) is 5.69 Å². The highest BCUT2D eigenvalue weighted by Gasteiger charge is 2.20. The normalized spacial score (nSPS) is 10.3. The largest absolute Gasteiger partial charge is 0.475 e. The fraction of sp³-hybridized carbons (Fsp3) is 0.188. The van der Waals surface area contributed by atoms with E-state index < -0.39 is 17.7 Å². The Bertz CT molecular complexity index is 774. The van der Waals surface area contributed by atoms with E-state index >= 15 is 0 Å². The van der Waals surface area contributed by atoms with Crippen LogP contribution >= 0.6 is 0 Å². The zero-order valence-corrected chi connectivity index (χ0v) is 12.5. The first-order chi connectivity index (χ1) is 10.3. The molecule has 2 N–H and O–H groups in total. The smallest absolute Gasteiger partial charge is 0.377 e. The highest BCUT2D eigenvalue weighted by molar-refractivity contribution is 6.40. The minimum atomic E-state index is -1.55. The van der Waals surface area contributed by atoms with Crippen molar-refractivity contribution in [2.75, 3.05) is 5.32 Å². The van der Waals surface area contributed by atoms with E-state index in [9.17, 15) is 14.4 Å². The van der Waals surface area contributed by atoms with Crippen LogP contribution in [-0.4, -0.2) is 27.3 Å². The maximum absolute atomic E-state index is 12.2. The van der Waals surface area contributed by atoms with Gasteiger partial charge in [0.2, 0.25) is 0 Å². The lowest BCUT2D eigenvalue weighted by molar-refractivity contribution is -0.131. The maximum Gasteiger partial charge on any atom is 0.377 e. The molecule has 0 saturated heterocycles. The van der Waals surface area contributed by atoms with E-state index in [4.69, 9.17) is 5.11 Å². The fourth-order valence-corrected chi connectivity index (χ4v) is 2.05. The van der Waals surface area contributed by atoms with Gasteiger partial charge in [-0.3, -0.25) is 9.59 Å². The van der Waals surface area contributed by atoms with Crippen LogP contribution < -0.4 is 5.32 Å². The molecule has 0 atom stereocenters. The lowest BCUT2D eigenvalue weighted by Gasteiger charge is -2.08. The van der Waals surface area contributed by atoms with E-state index in [-0.39, 0.29) is 11.3 Å². The first kappa shape index (κ1) is 15.5. The molecule has 0 aliphatic carbocycles. The van der Waals surface area contributed by atoms with Crippen LogP contribution in [0, 0.1) is 13.8 Å². The van der Waals surface area contributed by atoms with Crippen molar-refractivity contribution in [2.24, 2.45) is 7.05 Å². The second-order valence-corrected chi connectivity index (χ2v) is 5.11. The SMILES string of the molecule is Cc1ccc(NC(=O)c2cc(C(=O)C(=O)O)cn2C)cc1C. The molecule has 0 radical (unpaired) electrons. The predicted octanol–water partition coefficient (Wildman–Crippen LogP) is 2.16. The van der Waals surface area contributed by atoms with Crippen molar-refractivity contribution >= 4 is 23.3 Å². The van der Waals surface area contributed by atoms with Crippen molar-refractivity contribution in [3.05, 3.63) is 52.8 Å². The zero-order valence-electron chi connectivity index (χ0n) is 12.5. The molecular weight excluding hydrogens is 284 g/mol. The molecule has 6 heteroatoms. The summed E-state index contributed by atoms with van der Waals surface area (Å²) >= 11 is 0. The highest BCUT2D eigenvalue weighted by Crippen LogP contribution is 2.16. The minimum absolute atomic E-state index is 0.0276. The van der Waals surface area contributed by atoms with Crippen molar-refractivity contribution in [3.63, 3.8) is 0 Å². The Morgan fingerprint density at radius 1 is 1.09 bits per heavy atom. The Kier molecular flexibility index (Phi) is 4.12. The van der Waals surface area contributed by atoms with E-state index in [2.05, 4.69) is 5.32 Å². The second-order valence-electron chi connectivity index (χ2n) is 5.11. The van der Waals surface area contributed by atoms with E-state index in [1.165, 1.54) is 16.8 Å². The maximum atomic E-state index is 12.2. The van der Waals surface area contributed by atoms with Gasteiger partial charge in [-0.1, -0.05) is 6.07 Å². The molecule has 2 rings (SSSR count). The standard InChI is InChI=1S/C16H16N2O4/c1-9-4-5-12(6-10(9)2)17-15(20)13-7-11(8-18(13)3)14(19)16(21)22/h4-8H,1-3H3,(H,17,20)(H,21,22). The van der Waals surface area contributed by atoms with Gasteiger partial charge < -0.3 is 15.0 Å². The van der Waals surface area contributed by atoms with Crippen LogP contribution in [0.15, 0.2) is 30.5 Å². The molecule has 6 nitrogen and oxygen atoms in total. The fourth-order valence-electron chi connectivity index (χ4n) is 2.05. The summed E-state index contributed by atoms with van der Waals surface area (Å²) in [5.74, 6) is -3.00. The number of aromatic nitrogens is 1. The Labute approximate surface area is 127 Å². The number of carbonyl (C=O) groups is 3. The molecule has 1 heterocycles. The van der Waals surface area contributed by atoms with Gasteiger partial charge in [0.15, 0.2) is 0 Å². The van der Waals surface area contributed by atoms with Gasteiger partial charge in [-0.2, -0.15) is 0 Å². The third kappa shape index (κ3) is 3.06. The Balaban J connectivity index is 2.24. The monoisotopic (exact) mass is 300 g/mol. The Hall–Kier alpha value is -2.89. The third-order valence-electron chi connectivity index (χ3n) is 3.46. The molecular formula is C16H16N2O4. The van der Waals surface area contributed by atoms with E-state index in [1.807, 2.05) is 26.0 Å². The molecule has 0 fully saturated rings. The number of ketones is 1. The first-order valence-electron chi connectivity index (χ1n) is 6.62. The van der Waals surface area contributed by atoms with Crippen molar-refractivity contribution in [3.8, 4) is 0 Å². The summed E-state index contributed by atoms with van der Waals surface area (Å²) < 4.78 is 1.42. The van der Waals surface area contributed by atoms with Crippen LogP contribution in [0.5, 0.6) is 0 Å². The molecule has 22 heavy (non-hydrogen) atoms. The lowest BCUT2D eigenvalue weighted by Crippen LogP contribution is -2.15. The summed E-state index contributed by atoms with van der Waals surface area (Å²) in [5.41, 5.74) is 2.99. The van der Waals surface area contributed by atoms with Gasteiger partial charge in [0, 0.05) is 24.5 Å². The topological polar surface area (TPSA) is 88.4 Å². The van der Waals surface area contributed by atoms with E-state index in [0.29, 0.717) is 5.69 Å². The van der Waals surface area contributed by atoms with Gasteiger partial charge in [-0.25, -0.2) is 4.79 Å². The Morgan fingerprint density at radius 3 is 2.36 bits per heavy atom. The predicted molar refractivity (Wildman–Crippen MR) is 81.2 cm³/mol. The zero-order chi connectivity index (χ0) is 16.4. The molecule has 0 spiro atoms. The third-order valence-corrected chi connectivity index (χ3v) is 3.46. The number of hydrogen-bond donors (Lipinski definition) is 2. The van der Waals surface area contributed by atoms with E-state index in [0.717, 1.165) is 11.1 Å². The van der Waals surface area contributed by atoms with Crippen LogP contribution in [-0.2, 0) is 11.8 Å². The summed E-state index contributed by atoms with van der Waals surface area (Å²) in [6.07, 6.45) is 1.33.